The lowest BCUT2D eigenvalue weighted by Gasteiger charge is -2.22. The Labute approximate surface area is 112 Å². The Morgan fingerprint density at radius 1 is 1.50 bits per heavy atom. The Balaban J connectivity index is 0.00000162. The SMILES string of the molecule is Cl.NCC1CCCN1S(=O)(=O)c1cncc(F)c1. The van der Waals surface area contributed by atoms with E-state index in [1.807, 2.05) is 0 Å². The van der Waals surface area contributed by atoms with E-state index in [0.717, 1.165) is 31.3 Å². The Hall–Kier alpha value is -0.760. The van der Waals surface area contributed by atoms with E-state index in [4.69, 9.17) is 5.73 Å². The highest BCUT2D eigenvalue weighted by molar-refractivity contribution is 7.89. The zero-order valence-electron chi connectivity index (χ0n) is 9.62. The fraction of sp³-hybridized carbons (Fsp3) is 0.500. The zero-order chi connectivity index (χ0) is 12.5. The minimum Gasteiger partial charge on any atom is -0.329 e. The second-order valence-corrected chi connectivity index (χ2v) is 5.88. The van der Waals surface area contributed by atoms with Crippen molar-refractivity contribution < 1.29 is 12.8 Å². The fourth-order valence-corrected chi connectivity index (χ4v) is 3.71. The Morgan fingerprint density at radius 3 is 2.83 bits per heavy atom. The van der Waals surface area contributed by atoms with Gasteiger partial charge in [0, 0.05) is 25.3 Å². The van der Waals surface area contributed by atoms with Crippen LogP contribution in [0.15, 0.2) is 23.4 Å². The van der Waals surface area contributed by atoms with Crippen LogP contribution in [0.3, 0.4) is 0 Å². The van der Waals surface area contributed by atoms with E-state index in [9.17, 15) is 12.8 Å². The number of rotatable bonds is 3. The average molecular weight is 296 g/mol. The van der Waals surface area contributed by atoms with E-state index in [0.29, 0.717) is 6.54 Å². The van der Waals surface area contributed by atoms with Crippen LogP contribution < -0.4 is 5.73 Å². The molecule has 8 heteroatoms. The third kappa shape index (κ3) is 2.80. The molecular weight excluding hydrogens is 281 g/mol. The lowest BCUT2D eigenvalue weighted by molar-refractivity contribution is 0.392. The summed E-state index contributed by atoms with van der Waals surface area (Å²) in [5, 5.41) is 0. The molecule has 0 amide bonds. The van der Waals surface area contributed by atoms with E-state index in [1.54, 1.807) is 0 Å². The molecule has 1 unspecified atom stereocenters. The number of halogens is 2. The Kier molecular flexibility index (Phi) is 5.03. The smallest absolute Gasteiger partial charge is 0.245 e. The molecule has 0 saturated carbocycles. The highest BCUT2D eigenvalue weighted by atomic mass is 35.5. The second kappa shape index (κ2) is 5.92. The molecule has 1 aromatic rings. The van der Waals surface area contributed by atoms with Crippen LogP contribution in [0.5, 0.6) is 0 Å². The van der Waals surface area contributed by atoms with Crippen LogP contribution in [0.25, 0.3) is 0 Å². The van der Waals surface area contributed by atoms with Gasteiger partial charge in [-0.3, -0.25) is 4.98 Å². The van der Waals surface area contributed by atoms with Crippen LogP contribution >= 0.6 is 12.4 Å². The maximum atomic E-state index is 13.0. The highest BCUT2D eigenvalue weighted by Crippen LogP contribution is 2.25. The van der Waals surface area contributed by atoms with Crippen molar-refractivity contribution in [3.05, 3.63) is 24.3 Å². The van der Waals surface area contributed by atoms with Gasteiger partial charge in [0.05, 0.1) is 6.20 Å². The van der Waals surface area contributed by atoms with Crippen LogP contribution in [0.1, 0.15) is 12.8 Å². The maximum absolute atomic E-state index is 13.0. The second-order valence-electron chi connectivity index (χ2n) is 3.99. The molecule has 1 atom stereocenters. The van der Waals surface area contributed by atoms with Gasteiger partial charge in [-0.05, 0) is 18.9 Å². The molecule has 1 saturated heterocycles. The molecule has 0 radical (unpaired) electrons. The molecule has 2 N–H and O–H groups in total. The van der Waals surface area contributed by atoms with Crippen molar-refractivity contribution in [1.29, 1.82) is 0 Å². The van der Waals surface area contributed by atoms with Gasteiger partial charge in [0.15, 0.2) is 0 Å². The van der Waals surface area contributed by atoms with E-state index in [-0.39, 0.29) is 29.9 Å². The number of aromatic nitrogens is 1. The number of sulfonamides is 1. The van der Waals surface area contributed by atoms with Gasteiger partial charge in [-0.1, -0.05) is 0 Å². The quantitative estimate of drug-likeness (QED) is 0.893. The molecular formula is C10H15ClFN3O2S. The van der Waals surface area contributed by atoms with Crippen LogP contribution in [0, 0.1) is 5.82 Å². The van der Waals surface area contributed by atoms with Crippen molar-refractivity contribution in [2.75, 3.05) is 13.1 Å². The summed E-state index contributed by atoms with van der Waals surface area (Å²) in [7, 11) is -3.67. The first-order chi connectivity index (χ1) is 8.05. The maximum Gasteiger partial charge on any atom is 0.245 e. The molecule has 0 aromatic carbocycles. The molecule has 0 aliphatic carbocycles. The number of hydrogen-bond acceptors (Lipinski definition) is 4. The lowest BCUT2D eigenvalue weighted by atomic mass is 10.2. The molecule has 1 fully saturated rings. The van der Waals surface area contributed by atoms with Crippen LogP contribution in [0.2, 0.25) is 0 Å². The number of nitrogens with zero attached hydrogens (tertiary/aromatic N) is 2. The third-order valence-corrected chi connectivity index (χ3v) is 4.80. The summed E-state index contributed by atoms with van der Waals surface area (Å²) in [4.78, 5) is 3.45. The standard InChI is InChI=1S/C10H14FN3O2S.ClH/c11-8-4-10(7-13-6-8)17(15,16)14-3-1-2-9(14)5-12;/h4,6-7,9H,1-3,5,12H2;1H. The van der Waals surface area contributed by atoms with E-state index < -0.39 is 15.8 Å². The molecule has 1 aromatic heterocycles. The molecule has 2 rings (SSSR count). The molecule has 0 spiro atoms. The van der Waals surface area contributed by atoms with Gasteiger partial charge in [-0.15, -0.1) is 12.4 Å². The predicted octanol–water partition coefficient (Wildman–Crippen LogP) is 0.754. The molecule has 2 heterocycles. The zero-order valence-corrected chi connectivity index (χ0v) is 11.3. The highest BCUT2D eigenvalue weighted by Gasteiger charge is 2.34. The van der Waals surface area contributed by atoms with Crippen molar-refractivity contribution in [3.63, 3.8) is 0 Å². The normalized spacial score (nSPS) is 20.7. The van der Waals surface area contributed by atoms with Crippen molar-refractivity contribution in [1.82, 2.24) is 9.29 Å². The van der Waals surface area contributed by atoms with Gasteiger partial charge >= 0.3 is 0 Å². The van der Waals surface area contributed by atoms with E-state index >= 15 is 0 Å². The summed E-state index contributed by atoms with van der Waals surface area (Å²) >= 11 is 0. The van der Waals surface area contributed by atoms with Gasteiger partial charge in [0.2, 0.25) is 10.0 Å². The monoisotopic (exact) mass is 295 g/mol. The predicted molar refractivity (Wildman–Crippen MR) is 67.4 cm³/mol. The van der Waals surface area contributed by atoms with Crippen molar-refractivity contribution in [2.24, 2.45) is 5.73 Å². The number of hydrogen-bond donors (Lipinski definition) is 1. The number of nitrogens with two attached hydrogens (primary N) is 1. The minimum absolute atomic E-state index is 0. The summed E-state index contributed by atoms with van der Waals surface area (Å²) < 4.78 is 38.8. The van der Waals surface area contributed by atoms with Crippen molar-refractivity contribution >= 4 is 22.4 Å². The summed E-state index contributed by atoms with van der Waals surface area (Å²) in [6.45, 7) is 0.711. The molecule has 18 heavy (non-hydrogen) atoms. The summed E-state index contributed by atoms with van der Waals surface area (Å²) in [5.74, 6) is -0.658. The van der Waals surface area contributed by atoms with Gasteiger partial charge in [-0.25, -0.2) is 12.8 Å². The Morgan fingerprint density at radius 2 is 2.22 bits per heavy atom. The summed E-state index contributed by atoms with van der Waals surface area (Å²) in [6.07, 6.45) is 3.66. The van der Waals surface area contributed by atoms with Crippen LogP contribution in [-0.2, 0) is 10.0 Å². The van der Waals surface area contributed by atoms with Gasteiger partial charge in [0.1, 0.15) is 10.7 Å². The first-order valence-electron chi connectivity index (χ1n) is 5.38. The largest absolute Gasteiger partial charge is 0.329 e. The van der Waals surface area contributed by atoms with Crippen molar-refractivity contribution in [2.45, 2.75) is 23.8 Å². The first kappa shape index (κ1) is 15.3. The van der Waals surface area contributed by atoms with Crippen LogP contribution in [-0.4, -0.2) is 36.8 Å². The van der Waals surface area contributed by atoms with Gasteiger partial charge < -0.3 is 5.73 Å². The van der Waals surface area contributed by atoms with E-state index in [2.05, 4.69) is 4.98 Å². The summed E-state index contributed by atoms with van der Waals surface area (Å²) in [5.41, 5.74) is 5.53. The molecule has 5 nitrogen and oxygen atoms in total. The topological polar surface area (TPSA) is 76.3 Å². The lowest BCUT2D eigenvalue weighted by Crippen LogP contribution is -2.39. The van der Waals surface area contributed by atoms with Gasteiger partial charge in [-0.2, -0.15) is 4.31 Å². The first-order valence-corrected chi connectivity index (χ1v) is 6.82. The fourth-order valence-electron chi connectivity index (χ4n) is 2.03. The van der Waals surface area contributed by atoms with Crippen molar-refractivity contribution in [3.8, 4) is 0 Å². The van der Waals surface area contributed by atoms with Gasteiger partial charge in [0.25, 0.3) is 0 Å². The van der Waals surface area contributed by atoms with Crippen LogP contribution in [0.4, 0.5) is 4.39 Å². The summed E-state index contributed by atoms with van der Waals surface area (Å²) in [6, 6.07) is 0.789. The third-order valence-electron chi connectivity index (χ3n) is 2.88. The molecule has 1 aliphatic rings. The molecule has 1 aliphatic heterocycles. The number of pyridine rings is 1. The molecule has 0 bridgehead atoms. The Bertz CT molecular complexity index is 512. The minimum atomic E-state index is -3.67. The average Bonchev–Trinajstić information content (AvgIpc) is 2.77. The molecule has 102 valence electrons. The van der Waals surface area contributed by atoms with E-state index in [1.165, 1.54) is 4.31 Å².